The molecule has 2 rings (SSSR count). The fraction of sp³-hybridized carbons (Fsp3) is 0.381. The molecule has 0 saturated heterocycles. The van der Waals surface area contributed by atoms with Gasteiger partial charge in [-0.25, -0.2) is 4.79 Å². The van der Waals surface area contributed by atoms with E-state index in [-0.39, 0.29) is 12.1 Å². The van der Waals surface area contributed by atoms with Crippen molar-refractivity contribution in [1.82, 2.24) is 5.32 Å². The van der Waals surface area contributed by atoms with Crippen molar-refractivity contribution in [3.63, 3.8) is 0 Å². The van der Waals surface area contributed by atoms with Crippen LogP contribution in [-0.4, -0.2) is 32.3 Å². The molecule has 0 aliphatic heterocycles. The Kier molecular flexibility index (Phi) is 8.45. The summed E-state index contributed by atoms with van der Waals surface area (Å²) in [7, 11) is 1.68. The maximum absolute atomic E-state index is 12.0. The Balaban J connectivity index is 1.85. The Bertz CT molecular complexity index is 683. The number of carbonyl (C=O) groups is 1. The van der Waals surface area contributed by atoms with Crippen molar-refractivity contribution >= 4 is 17.4 Å². The van der Waals surface area contributed by atoms with Gasteiger partial charge in [0.25, 0.3) is 0 Å². The molecule has 0 saturated carbocycles. The first-order valence-corrected chi connectivity index (χ1v) is 9.32. The maximum atomic E-state index is 12.0. The van der Waals surface area contributed by atoms with Crippen molar-refractivity contribution in [2.24, 2.45) is 0 Å². The molecule has 0 radical (unpaired) electrons. The van der Waals surface area contributed by atoms with Gasteiger partial charge in [-0.2, -0.15) is 0 Å². The Morgan fingerprint density at radius 3 is 2.00 bits per heavy atom. The standard InChI is InChI=1S/C21H29N3O3/c1-4-16(5-2)23-21(25)24-18-8-12-20(13-9-18)27-19-10-6-17(7-11-19)22-14-15-26-3/h6-13,16,22H,4-5,14-15H2,1-3H3,(H2,23,24,25). The van der Waals surface area contributed by atoms with Gasteiger partial charge in [0.05, 0.1) is 6.61 Å². The van der Waals surface area contributed by atoms with Crippen molar-refractivity contribution in [1.29, 1.82) is 0 Å². The van der Waals surface area contributed by atoms with Gasteiger partial charge >= 0.3 is 6.03 Å². The second kappa shape index (κ2) is 11.1. The number of ether oxygens (including phenoxy) is 2. The summed E-state index contributed by atoms with van der Waals surface area (Å²) in [5.74, 6) is 1.46. The minimum Gasteiger partial charge on any atom is -0.457 e. The third kappa shape index (κ3) is 7.19. The van der Waals surface area contributed by atoms with Crippen LogP contribution in [-0.2, 0) is 4.74 Å². The van der Waals surface area contributed by atoms with E-state index < -0.39 is 0 Å². The molecular formula is C21H29N3O3. The van der Waals surface area contributed by atoms with Gasteiger partial charge in [0.2, 0.25) is 0 Å². The van der Waals surface area contributed by atoms with Crippen LogP contribution in [0.4, 0.5) is 16.2 Å². The number of anilines is 2. The van der Waals surface area contributed by atoms with Crippen LogP contribution in [0.1, 0.15) is 26.7 Å². The lowest BCUT2D eigenvalue weighted by Crippen LogP contribution is -2.37. The second-order valence-corrected chi connectivity index (χ2v) is 6.18. The Morgan fingerprint density at radius 1 is 0.926 bits per heavy atom. The molecule has 0 bridgehead atoms. The normalized spacial score (nSPS) is 10.5. The SMILES string of the molecule is CCC(CC)NC(=O)Nc1ccc(Oc2ccc(NCCOC)cc2)cc1. The van der Waals surface area contributed by atoms with Crippen LogP contribution in [0.15, 0.2) is 48.5 Å². The van der Waals surface area contributed by atoms with E-state index in [2.05, 4.69) is 29.8 Å². The van der Waals surface area contributed by atoms with Crippen molar-refractivity contribution < 1.29 is 14.3 Å². The van der Waals surface area contributed by atoms with Gasteiger partial charge in [-0.15, -0.1) is 0 Å². The average molecular weight is 371 g/mol. The Hall–Kier alpha value is -2.73. The molecule has 6 heteroatoms. The molecular weight excluding hydrogens is 342 g/mol. The number of benzene rings is 2. The first kappa shape index (κ1) is 20.6. The van der Waals surface area contributed by atoms with Crippen molar-refractivity contribution in [3.8, 4) is 11.5 Å². The number of nitrogens with one attached hydrogen (secondary N) is 3. The molecule has 2 aromatic rings. The molecule has 0 aliphatic carbocycles. The summed E-state index contributed by atoms with van der Waals surface area (Å²) in [5, 5.41) is 9.04. The lowest BCUT2D eigenvalue weighted by Gasteiger charge is -2.15. The van der Waals surface area contributed by atoms with Gasteiger partial charge < -0.3 is 25.4 Å². The number of hydrogen-bond donors (Lipinski definition) is 3. The van der Waals surface area contributed by atoms with E-state index in [4.69, 9.17) is 9.47 Å². The van der Waals surface area contributed by atoms with Gasteiger partial charge in [0, 0.05) is 31.1 Å². The summed E-state index contributed by atoms with van der Waals surface area (Å²) in [6, 6.07) is 15.1. The summed E-state index contributed by atoms with van der Waals surface area (Å²) < 4.78 is 10.9. The number of methoxy groups -OCH3 is 1. The van der Waals surface area contributed by atoms with Crippen LogP contribution in [0, 0.1) is 0 Å². The molecule has 0 aliphatic rings. The zero-order chi connectivity index (χ0) is 19.5. The van der Waals surface area contributed by atoms with Crippen LogP contribution in [0.25, 0.3) is 0 Å². The van der Waals surface area contributed by atoms with Gasteiger partial charge in [0.15, 0.2) is 0 Å². The first-order chi connectivity index (χ1) is 13.1. The molecule has 2 amide bonds. The lowest BCUT2D eigenvalue weighted by atomic mass is 10.2. The van der Waals surface area contributed by atoms with Crippen LogP contribution in [0.3, 0.4) is 0 Å². The topological polar surface area (TPSA) is 71.6 Å². The first-order valence-electron chi connectivity index (χ1n) is 9.32. The largest absolute Gasteiger partial charge is 0.457 e. The van der Waals surface area contributed by atoms with E-state index in [9.17, 15) is 4.79 Å². The van der Waals surface area contributed by atoms with Crippen molar-refractivity contribution in [2.45, 2.75) is 32.7 Å². The van der Waals surface area contributed by atoms with E-state index in [0.717, 1.165) is 36.5 Å². The van der Waals surface area contributed by atoms with Crippen LogP contribution < -0.4 is 20.7 Å². The van der Waals surface area contributed by atoms with Crippen molar-refractivity contribution in [2.75, 3.05) is 30.9 Å². The molecule has 0 heterocycles. The number of hydrogen-bond acceptors (Lipinski definition) is 4. The van der Waals surface area contributed by atoms with E-state index >= 15 is 0 Å². The maximum Gasteiger partial charge on any atom is 0.319 e. The van der Waals surface area contributed by atoms with E-state index in [1.807, 2.05) is 48.5 Å². The van der Waals surface area contributed by atoms with E-state index in [1.165, 1.54) is 0 Å². The molecule has 0 unspecified atom stereocenters. The molecule has 0 fully saturated rings. The zero-order valence-corrected chi connectivity index (χ0v) is 16.2. The second-order valence-electron chi connectivity index (χ2n) is 6.18. The van der Waals surface area contributed by atoms with Gasteiger partial charge in [0.1, 0.15) is 11.5 Å². The number of amides is 2. The van der Waals surface area contributed by atoms with Gasteiger partial charge in [-0.1, -0.05) is 13.8 Å². The summed E-state index contributed by atoms with van der Waals surface area (Å²) in [4.78, 5) is 12.0. The fourth-order valence-corrected chi connectivity index (χ4v) is 2.53. The highest BCUT2D eigenvalue weighted by molar-refractivity contribution is 5.89. The third-order valence-corrected chi connectivity index (χ3v) is 4.16. The summed E-state index contributed by atoms with van der Waals surface area (Å²) in [5.41, 5.74) is 1.74. The van der Waals surface area contributed by atoms with Gasteiger partial charge in [-0.05, 0) is 61.4 Å². The third-order valence-electron chi connectivity index (χ3n) is 4.16. The molecule has 146 valence electrons. The molecule has 0 atom stereocenters. The minimum absolute atomic E-state index is 0.186. The molecule has 3 N–H and O–H groups in total. The van der Waals surface area contributed by atoms with Crippen LogP contribution in [0.2, 0.25) is 0 Å². The highest BCUT2D eigenvalue weighted by atomic mass is 16.5. The molecule has 6 nitrogen and oxygen atoms in total. The highest BCUT2D eigenvalue weighted by Crippen LogP contribution is 2.24. The van der Waals surface area contributed by atoms with Crippen LogP contribution in [0.5, 0.6) is 11.5 Å². The molecule has 2 aromatic carbocycles. The average Bonchev–Trinajstić information content (AvgIpc) is 2.69. The monoisotopic (exact) mass is 371 g/mol. The summed E-state index contributed by atoms with van der Waals surface area (Å²) in [6.45, 7) is 5.54. The number of carbonyl (C=O) groups excluding carboxylic acids is 1. The van der Waals surface area contributed by atoms with Crippen LogP contribution >= 0.6 is 0 Å². The Labute approximate surface area is 161 Å². The predicted molar refractivity (Wildman–Crippen MR) is 110 cm³/mol. The minimum atomic E-state index is -0.186. The summed E-state index contributed by atoms with van der Waals surface area (Å²) in [6.07, 6.45) is 1.83. The quantitative estimate of drug-likeness (QED) is 0.522. The molecule has 0 aromatic heterocycles. The predicted octanol–water partition coefficient (Wildman–Crippen LogP) is 4.85. The zero-order valence-electron chi connectivity index (χ0n) is 16.2. The molecule has 0 spiro atoms. The highest BCUT2D eigenvalue weighted by Gasteiger charge is 2.08. The molecule has 27 heavy (non-hydrogen) atoms. The number of urea groups is 1. The smallest absolute Gasteiger partial charge is 0.319 e. The van der Waals surface area contributed by atoms with Gasteiger partial charge in [-0.3, -0.25) is 0 Å². The van der Waals surface area contributed by atoms with Crippen molar-refractivity contribution in [3.05, 3.63) is 48.5 Å². The Morgan fingerprint density at radius 2 is 1.48 bits per heavy atom. The number of rotatable bonds is 10. The van der Waals surface area contributed by atoms with E-state index in [1.54, 1.807) is 7.11 Å². The summed E-state index contributed by atoms with van der Waals surface area (Å²) >= 11 is 0. The fourth-order valence-electron chi connectivity index (χ4n) is 2.53. The van der Waals surface area contributed by atoms with E-state index in [0.29, 0.717) is 12.4 Å². The lowest BCUT2D eigenvalue weighted by molar-refractivity contribution is 0.211.